The van der Waals surface area contributed by atoms with Crippen molar-refractivity contribution in [2.75, 3.05) is 62.2 Å². The number of halogens is 1. The number of carbonyl (C=O) groups excluding carboxylic acids is 1. The highest BCUT2D eigenvalue weighted by Gasteiger charge is 2.36. The number of aromatic nitrogens is 4. The number of aryl methyl sites for hydroxylation is 1. The van der Waals surface area contributed by atoms with Gasteiger partial charge in [-0.2, -0.15) is 9.40 Å². The van der Waals surface area contributed by atoms with E-state index in [9.17, 15) is 13.2 Å². The van der Waals surface area contributed by atoms with E-state index in [1.165, 1.54) is 15.2 Å². The summed E-state index contributed by atoms with van der Waals surface area (Å²) >= 11 is 6.32. The Morgan fingerprint density at radius 3 is 2.19 bits per heavy atom. The molecule has 2 aliphatic heterocycles. The number of hydrogen-bond acceptors (Lipinski definition) is 8. The first-order chi connectivity index (χ1) is 17.3. The van der Waals surface area contributed by atoms with Crippen LogP contribution in [0.4, 0.5) is 11.6 Å². The van der Waals surface area contributed by atoms with Gasteiger partial charge in [0.2, 0.25) is 11.0 Å². The number of anilines is 2. The van der Waals surface area contributed by atoms with Crippen LogP contribution < -0.4 is 9.80 Å². The molecule has 0 N–H and O–H groups in total. The fourth-order valence-electron chi connectivity index (χ4n) is 4.54. The minimum Gasteiger partial charge on any atom is -0.368 e. The highest BCUT2D eigenvalue weighted by molar-refractivity contribution is 7.89. The average molecular weight is 531 g/mol. The molecule has 5 rings (SSSR count). The molecular weight excluding hydrogens is 504 g/mol. The predicted octanol–water partition coefficient (Wildman–Crippen LogP) is 1.34. The minimum absolute atomic E-state index is 0.0930. The molecule has 0 aliphatic carbocycles. The molecule has 1 amide bonds. The number of rotatable bonds is 5. The molecule has 190 valence electrons. The molecule has 1 aromatic carbocycles. The molecule has 2 saturated heterocycles. The van der Waals surface area contributed by atoms with Crippen LogP contribution in [0.5, 0.6) is 0 Å². The maximum Gasteiger partial charge on any atom is 0.263 e. The van der Waals surface area contributed by atoms with Crippen molar-refractivity contribution in [3.63, 3.8) is 0 Å². The molecule has 3 aromatic rings. The van der Waals surface area contributed by atoms with Gasteiger partial charge in [0.05, 0.1) is 16.3 Å². The molecule has 0 radical (unpaired) electrons. The van der Waals surface area contributed by atoms with Crippen molar-refractivity contribution in [2.45, 2.75) is 5.03 Å². The molecule has 0 unspecified atom stereocenters. The maximum atomic E-state index is 13.6. The summed E-state index contributed by atoms with van der Waals surface area (Å²) in [6.45, 7) is 3.50. The molecule has 0 atom stereocenters. The van der Waals surface area contributed by atoms with E-state index < -0.39 is 10.0 Å². The Balaban J connectivity index is 1.29. The van der Waals surface area contributed by atoms with Crippen molar-refractivity contribution in [3.05, 3.63) is 59.5 Å². The monoisotopic (exact) mass is 530 g/mol. The van der Waals surface area contributed by atoms with Crippen LogP contribution in [0.2, 0.25) is 5.02 Å². The number of sulfonamides is 1. The fourth-order valence-corrected chi connectivity index (χ4v) is 6.33. The zero-order chi connectivity index (χ0) is 25.3. The largest absolute Gasteiger partial charge is 0.368 e. The Hall–Kier alpha value is -3.22. The molecular formula is C23H27ClN8O3S. The van der Waals surface area contributed by atoms with E-state index in [0.717, 1.165) is 5.69 Å². The van der Waals surface area contributed by atoms with Crippen LogP contribution >= 0.6 is 11.6 Å². The molecule has 4 heterocycles. The first-order valence-corrected chi connectivity index (χ1v) is 13.5. The Bertz CT molecular complexity index is 1330. The van der Waals surface area contributed by atoms with Gasteiger partial charge in [0, 0.05) is 78.0 Å². The van der Waals surface area contributed by atoms with E-state index in [0.29, 0.717) is 50.2 Å². The number of amides is 1. The Morgan fingerprint density at radius 2 is 1.53 bits per heavy atom. The Morgan fingerprint density at radius 1 is 0.889 bits per heavy atom. The number of hydrogen-bond donors (Lipinski definition) is 0. The summed E-state index contributed by atoms with van der Waals surface area (Å²) in [6.07, 6.45) is 4.85. The third-order valence-corrected chi connectivity index (χ3v) is 8.60. The normalized spacial score (nSPS) is 17.4. The predicted molar refractivity (Wildman–Crippen MR) is 136 cm³/mol. The van der Waals surface area contributed by atoms with E-state index in [1.807, 2.05) is 29.2 Å². The SMILES string of the molecule is Cn1cc(C(=O)N2CCN(c3ncccn3)CC2)c(S(=O)(=O)N2CCN(c3ccccc3Cl)CC2)n1. The van der Waals surface area contributed by atoms with Gasteiger partial charge in [-0.15, -0.1) is 0 Å². The van der Waals surface area contributed by atoms with Gasteiger partial charge >= 0.3 is 0 Å². The van der Waals surface area contributed by atoms with Gasteiger partial charge in [-0.3, -0.25) is 9.48 Å². The van der Waals surface area contributed by atoms with Crippen LogP contribution in [-0.4, -0.2) is 95.6 Å². The highest BCUT2D eigenvalue weighted by atomic mass is 35.5. The van der Waals surface area contributed by atoms with E-state index in [2.05, 4.69) is 20.0 Å². The zero-order valence-corrected chi connectivity index (χ0v) is 21.4. The lowest BCUT2D eigenvalue weighted by molar-refractivity contribution is 0.0742. The second-order valence-electron chi connectivity index (χ2n) is 8.69. The van der Waals surface area contributed by atoms with E-state index >= 15 is 0 Å². The highest BCUT2D eigenvalue weighted by Crippen LogP contribution is 2.28. The third kappa shape index (κ3) is 4.75. The van der Waals surface area contributed by atoms with Crippen molar-refractivity contribution in [1.82, 2.24) is 29.0 Å². The van der Waals surface area contributed by atoms with E-state index in [4.69, 9.17) is 11.6 Å². The summed E-state index contributed by atoms with van der Waals surface area (Å²) in [5.41, 5.74) is 0.973. The van der Waals surface area contributed by atoms with Crippen LogP contribution in [0.1, 0.15) is 10.4 Å². The molecule has 2 aromatic heterocycles. The second kappa shape index (κ2) is 10.0. The molecule has 0 saturated carbocycles. The van der Waals surface area contributed by atoms with Crippen LogP contribution in [0.15, 0.2) is 53.9 Å². The second-order valence-corrected chi connectivity index (χ2v) is 11.0. The first kappa shape index (κ1) is 24.5. The van der Waals surface area contributed by atoms with Crippen LogP contribution in [0.25, 0.3) is 0 Å². The smallest absolute Gasteiger partial charge is 0.263 e. The van der Waals surface area contributed by atoms with Crippen molar-refractivity contribution in [3.8, 4) is 0 Å². The van der Waals surface area contributed by atoms with Gasteiger partial charge in [0.1, 0.15) is 0 Å². The molecule has 13 heteroatoms. The molecule has 2 fully saturated rings. The number of carbonyl (C=O) groups is 1. The minimum atomic E-state index is -3.96. The maximum absolute atomic E-state index is 13.6. The molecule has 36 heavy (non-hydrogen) atoms. The fraction of sp³-hybridized carbons (Fsp3) is 0.391. The van der Waals surface area contributed by atoms with Gasteiger partial charge in [0.25, 0.3) is 15.9 Å². The van der Waals surface area contributed by atoms with Gasteiger partial charge in [-0.05, 0) is 18.2 Å². The first-order valence-electron chi connectivity index (χ1n) is 11.7. The van der Waals surface area contributed by atoms with Gasteiger partial charge in [0.15, 0.2) is 0 Å². The third-order valence-electron chi connectivity index (χ3n) is 6.44. The van der Waals surface area contributed by atoms with Gasteiger partial charge in [-0.1, -0.05) is 23.7 Å². The summed E-state index contributed by atoms with van der Waals surface area (Å²) in [6, 6.07) is 9.26. The van der Waals surface area contributed by atoms with E-state index in [-0.39, 0.29) is 29.6 Å². The molecule has 0 spiro atoms. The van der Waals surface area contributed by atoms with Crippen LogP contribution in [0, 0.1) is 0 Å². The molecule has 11 nitrogen and oxygen atoms in total. The van der Waals surface area contributed by atoms with Gasteiger partial charge < -0.3 is 14.7 Å². The van der Waals surface area contributed by atoms with Crippen LogP contribution in [0.3, 0.4) is 0 Å². The topological polar surface area (TPSA) is 108 Å². The number of nitrogens with zero attached hydrogens (tertiary/aromatic N) is 8. The number of para-hydroxylation sites is 1. The average Bonchev–Trinajstić information content (AvgIpc) is 3.32. The summed E-state index contributed by atoms with van der Waals surface area (Å²) < 4.78 is 29.9. The quantitative estimate of drug-likeness (QED) is 0.486. The zero-order valence-electron chi connectivity index (χ0n) is 19.9. The lowest BCUT2D eigenvalue weighted by Gasteiger charge is -2.36. The Labute approximate surface area is 214 Å². The molecule has 2 aliphatic rings. The van der Waals surface area contributed by atoms with Crippen molar-refractivity contribution < 1.29 is 13.2 Å². The summed E-state index contributed by atoms with van der Waals surface area (Å²) in [5, 5.41) is 4.63. The standard InChI is InChI=1S/C23H27ClN8O3S/c1-28-17-18(22(33)30-9-11-31(12-10-30)23-25-7-4-8-26-23)21(27-28)36(34,35)32-15-13-29(14-16-32)20-6-3-2-5-19(20)24/h2-8,17H,9-16H2,1H3. The Kier molecular flexibility index (Phi) is 6.82. The molecule has 0 bridgehead atoms. The summed E-state index contributed by atoms with van der Waals surface area (Å²) in [5.74, 6) is 0.273. The lowest BCUT2D eigenvalue weighted by Crippen LogP contribution is -2.50. The van der Waals surface area contributed by atoms with Crippen molar-refractivity contribution in [2.24, 2.45) is 7.05 Å². The van der Waals surface area contributed by atoms with Crippen LogP contribution in [-0.2, 0) is 17.1 Å². The van der Waals surface area contributed by atoms with Gasteiger partial charge in [-0.25, -0.2) is 18.4 Å². The lowest BCUT2D eigenvalue weighted by atomic mass is 10.2. The van der Waals surface area contributed by atoms with Crippen molar-refractivity contribution >= 4 is 39.2 Å². The van der Waals surface area contributed by atoms with Crippen molar-refractivity contribution in [1.29, 1.82) is 0 Å². The number of benzene rings is 1. The number of piperazine rings is 2. The van der Waals surface area contributed by atoms with E-state index in [1.54, 1.807) is 30.4 Å². The summed E-state index contributed by atoms with van der Waals surface area (Å²) in [7, 11) is -2.34. The summed E-state index contributed by atoms with van der Waals surface area (Å²) in [4.78, 5) is 27.7.